The van der Waals surface area contributed by atoms with Crippen molar-refractivity contribution in [1.29, 1.82) is 0 Å². The van der Waals surface area contributed by atoms with Crippen LogP contribution in [0.3, 0.4) is 0 Å². The predicted octanol–water partition coefficient (Wildman–Crippen LogP) is 2.96. The Bertz CT molecular complexity index is 412. The minimum atomic E-state index is -0.0864. The highest BCUT2D eigenvalue weighted by Crippen LogP contribution is 2.30. The number of ether oxygens (including phenoxy) is 1. The van der Waals surface area contributed by atoms with Gasteiger partial charge in [0, 0.05) is 37.3 Å². The number of hydrogen-bond acceptors (Lipinski definition) is 5. The lowest BCUT2D eigenvalue weighted by Gasteiger charge is -2.47. The number of aromatic nitrogens is 1. The largest absolute Gasteiger partial charge is 0.367 e. The molecule has 0 aromatic carbocycles. The fraction of sp³-hybridized carbons (Fsp3) is 0.786. The van der Waals surface area contributed by atoms with Crippen LogP contribution >= 0.6 is 11.3 Å². The molecule has 5 heteroatoms. The molecule has 1 aliphatic rings. The Labute approximate surface area is 120 Å². The fourth-order valence-corrected chi connectivity index (χ4v) is 3.81. The Hall–Kier alpha value is -0.650. The Morgan fingerprint density at radius 3 is 2.53 bits per heavy atom. The van der Waals surface area contributed by atoms with Crippen molar-refractivity contribution in [2.24, 2.45) is 0 Å². The molecule has 0 unspecified atom stereocenters. The van der Waals surface area contributed by atoms with Crippen molar-refractivity contribution in [2.75, 3.05) is 25.0 Å². The zero-order valence-corrected chi connectivity index (χ0v) is 13.4. The number of nitrogens with one attached hydrogen (secondary N) is 1. The number of anilines is 1. The van der Waals surface area contributed by atoms with Crippen molar-refractivity contribution < 1.29 is 4.74 Å². The molecule has 0 amide bonds. The summed E-state index contributed by atoms with van der Waals surface area (Å²) < 4.78 is 6.11. The maximum atomic E-state index is 6.11. The minimum Gasteiger partial charge on any atom is -0.367 e. The summed E-state index contributed by atoms with van der Waals surface area (Å²) >= 11 is 1.75. The van der Waals surface area contributed by atoms with E-state index >= 15 is 0 Å². The van der Waals surface area contributed by atoms with Crippen molar-refractivity contribution in [2.45, 2.75) is 52.4 Å². The maximum Gasteiger partial charge on any atom is 0.182 e. The van der Waals surface area contributed by atoms with E-state index in [9.17, 15) is 0 Å². The molecule has 4 nitrogen and oxygen atoms in total. The van der Waals surface area contributed by atoms with Gasteiger partial charge in [-0.25, -0.2) is 4.98 Å². The normalized spacial score (nSPS) is 22.4. The molecule has 1 aromatic rings. The molecule has 2 heterocycles. The molecular weight excluding hydrogens is 258 g/mol. The van der Waals surface area contributed by atoms with Crippen LogP contribution < -0.4 is 5.32 Å². The predicted molar refractivity (Wildman–Crippen MR) is 80.8 cm³/mol. The molecular formula is C14H25N3OS. The van der Waals surface area contributed by atoms with E-state index in [-0.39, 0.29) is 11.2 Å². The summed E-state index contributed by atoms with van der Waals surface area (Å²) in [5.74, 6) is 0. The number of thiazole rings is 1. The van der Waals surface area contributed by atoms with Gasteiger partial charge in [0.25, 0.3) is 0 Å². The average molecular weight is 283 g/mol. The van der Waals surface area contributed by atoms with E-state index in [1.165, 1.54) is 4.88 Å². The number of morpholine rings is 1. The summed E-state index contributed by atoms with van der Waals surface area (Å²) in [7, 11) is 0. The second kappa shape index (κ2) is 5.38. The zero-order chi connectivity index (χ0) is 14.1. The van der Waals surface area contributed by atoms with Crippen LogP contribution in [0.4, 0.5) is 5.13 Å². The number of hydrogen-bond donors (Lipinski definition) is 1. The Balaban J connectivity index is 2.01. The maximum absolute atomic E-state index is 6.11. The molecule has 1 saturated heterocycles. The second-order valence-corrected chi connectivity index (χ2v) is 7.54. The fourth-order valence-electron chi connectivity index (χ4n) is 2.89. The van der Waals surface area contributed by atoms with Gasteiger partial charge in [-0.05, 0) is 34.6 Å². The van der Waals surface area contributed by atoms with Gasteiger partial charge in [-0.3, -0.25) is 4.90 Å². The number of rotatable bonds is 4. The smallest absolute Gasteiger partial charge is 0.182 e. The van der Waals surface area contributed by atoms with Gasteiger partial charge < -0.3 is 10.1 Å². The van der Waals surface area contributed by atoms with Gasteiger partial charge in [0.1, 0.15) is 0 Å². The van der Waals surface area contributed by atoms with Gasteiger partial charge >= 0.3 is 0 Å². The van der Waals surface area contributed by atoms with E-state index < -0.39 is 0 Å². The molecule has 0 atom stereocenters. The lowest BCUT2D eigenvalue weighted by molar-refractivity contribution is -0.182. The molecule has 19 heavy (non-hydrogen) atoms. The molecule has 0 bridgehead atoms. The van der Waals surface area contributed by atoms with Crippen molar-refractivity contribution in [3.8, 4) is 0 Å². The first kappa shape index (κ1) is 14.8. The third kappa shape index (κ3) is 4.16. The van der Waals surface area contributed by atoms with E-state index in [0.29, 0.717) is 0 Å². The third-order valence-corrected chi connectivity index (χ3v) is 3.96. The van der Waals surface area contributed by atoms with Crippen LogP contribution in [0.2, 0.25) is 0 Å². The lowest BCUT2D eigenvalue weighted by atomic mass is 9.99. The monoisotopic (exact) mass is 283 g/mol. The van der Waals surface area contributed by atoms with Crippen LogP contribution in [0.25, 0.3) is 0 Å². The molecule has 0 radical (unpaired) electrons. The van der Waals surface area contributed by atoms with Crippen molar-refractivity contribution in [3.63, 3.8) is 0 Å². The molecule has 1 N–H and O–H groups in total. The first-order chi connectivity index (χ1) is 8.80. The minimum absolute atomic E-state index is 0.0864. The SMILES string of the molecule is CCNc1ncc(CN2CC(C)(C)OC(C)(C)C2)s1. The van der Waals surface area contributed by atoms with Crippen LogP contribution in [0.1, 0.15) is 39.5 Å². The van der Waals surface area contributed by atoms with Gasteiger partial charge in [0.05, 0.1) is 11.2 Å². The molecule has 1 fully saturated rings. The van der Waals surface area contributed by atoms with E-state index in [1.54, 1.807) is 11.3 Å². The summed E-state index contributed by atoms with van der Waals surface area (Å²) in [5.41, 5.74) is -0.173. The third-order valence-electron chi connectivity index (χ3n) is 3.02. The van der Waals surface area contributed by atoms with E-state index in [4.69, 9.17) is 4.74 Å². The Kier molecular flexibility index (Phi) is 4.18. The molecule has 108 valence electrons. The standard InChI is InChI=1S/C14H25N3OS/c1-6-15-12-16-7-11(19-12)8-17-9-13(2,3)18-14(4,5)10-17/h7H,6,8-10H2,1-5H3,(H,15,16). The highest BCUT2D eigenvalue weighted by molar-refractivity contribution is 7.15. The Morgan fingerprint density at radius 2 is 1.95 bits per heavy atom. The van der Waals surface area contributed by atoms with Crippen molar-refractivity contribution >= 4 is 16.5 Å². The summed E-state index contributed by atoms with van der Waals surface area (Å²) in [5, 5.41) is 4.28. The van der Waals surface area contributed by atoms with Crippen molar-refractivity contribution in [1.82, 2.24) is 9.88 Å². The topological polar surface area (TPSA) is 37.4 Å². The van der Waals surface area contributed by atoms with E-state index in [1.807, 2.05) is 6.20 Å². The zero-order valence-electron chi connectivity index (χ0n) is 12.6. The van der Waals surface area contributed by atoms with Crippen molar-refractivity contribution in [3.05, 3.63) is 11.1 Å². The van der Waals surface area contributed by atoms with Gasteiger partial charge in [-0.2, -0.15) is 0 Å². The highest BCUT2D eigenvalue weighted by atomic mass is 32.1. The van der Waals surface area contributed by atoms with Crippen LogP contribution in [0.15, 0.2) is 6.20 Å². The molecule has 2 rings (SSSR count). The average Bonchev–Trinajstić information content (AvgIpc) is 2.60. The number of nitrogens with zero attached hydrogens (tertiary/aromatic N) is 2. The quantitative estimate of drug-likeness (QED) is 0.922. The summed E-state index contributed by atoms with van der Waals surface area (Å²) in [4.78, 5) is 8.17. The molecule has 0 aliphatic carbocycles. The summed E-state index contributed by atoms with van der Waals surface area (Å²) in [6, 6.07) is 0. The van der Waals surface area contributed by atoms with Gasteiger partial charge in [-0.15, -0.1) is 11.3 Å². The molecule has 0 spiro atoms. The van der Waals surface area contributed by atoms with Crippen LogP contribution in [0, 0.1) is 0 Å². The first-order valence-corrected chi connectivity index (χ1v) is 7.72. The van der Waals surface area contributed by atoms with E-state index in [2.05, 4.69) is 49.8 Å². The second-order valence-electron chi connectivity index (χ2n) is 6.43. The molecule has 1 aromatic heterocycles. The van der Waals surface area contributed by atoms with Gasteiger partial charge in [0.2, 0.25) is 0 Å². The molecule has 0 saturated carbocycles. The first-order valence-electron chi connectivity index (χ1n) is 6.91. The van der Waals surface area contributed by atoms with Gasteiger partial charge in [0.15, 0.2) is 5.13 Å². The summed E-state index contributed by atoms with van der Waals surface area (Å²) in [6.45, 7) is 14.6. The summed E-state index contributed by atoms with van der Waals surface area (Å²) in [6.07, 6.45) is 1.98. The highest BCUT2D eigenvalue weighted by Gasteiger charge is 2.38. The Morgan fingerprint density at radius 1 is 1.32 bits per heavy atom. The van der Waals surface area contributed by atoms with Gasteiger partial charge in [-0.1, -0.05) is 0 Å². The van der Waals surface area contributed by atoms with Crippen LogP contribution in [-0.4, -0.2) is 40.7 Å². The van der Waals surface area contributed by atoms with E-state index in [0.717, 1.165) is 31.3 Å². The van der Waals surface area contributed by atoms with Crippen LogP contribution in [0.5, 0.6) is 0 Å². The molecule has 1 aliphatic heterocycles. The lowest BCUT2D eigenvalue weighted by Crippen LogP contribution is -2.56. The van der Waals surface area contributed by atoms with Crippen LogP contribution in [-0.2, 0) is 11.3 Å².